The molecule has 0 aliphatic heterocycles. The van der Waals surface area contributed by atoms with Crippen LogP contribution in [0.15, 0.2) is 47.3 Å². The minimum atomic E-state index is -0.328. The molecule has 0 bridgehead atoms. The van der Waals surface area contributed by atoms with E-state index in [1.54, 1.807) is 24.3 Å². The average molecular weight is 318 g/mol. The van der Waals surface area contributed by atoms with E-state index in [-0.39, 0.29) is 36.9 Å². The summed E-state index contributed by atoms with van der Waals surface area (Å²) >= 11 is 0. The van der Waals surface area contributed by atoms with E-state index in [2.05, 4.69) is 5.32 Å². The first-order chi connectivity index (χ1) is 11.2. The molecule has 1 aliphatic carbocycles. The van der Waals surface area contributed by atoms with Crippen molar-refractivity contribution in [3.8, 4) is 6.07 Å². The molecular formula is C17H19FN2O3. The molecule has 0 fully saturated rings. The fourth-order valence-corrected chi connectivity index (χ4v) is 2.23. The largest absolute Gasteiger partial charge is 0.494 e. The van der Waals surface area contributed by atoms with Crippen LogP contribution in [0.25, 0.3) is 0 Å². The van der Waals surface area contributed by atoms with E-state index in [0.717, 1.165) is 0 Å². The Morgan fingerprint density at radius 2 is 2.00 bits per heavy atom. The summed E-state index contributed by atoms with van der Waals surface area (Å²) in [6, 6.07) is 8.70. The molecule has 1 aromatic carbocycles. The predicted octanol–water partition coefficient (Wildman–Crippen LogP) is 3.20. The molecule has 0 saturated heterocycles. The molecule has 0 aromatic heterocycles. The lowest BCUT2D eigenvalue weighted by Crippen LogP contribution is -2.17. The van der Waals surface area contributed by atoms with E-state index in [0.29, 0.717) is 30.0 Å². The van der Waals surface area contributed by atoms with Crippen molar-refractivity contribution in [3.05, 3.63) is 52.9 Å². The number of hydrogen-bond acceptors (Lipinski definition) is 5. The maximum absolute atomic E-state index is 14.3. The Morgan fingerprint density at radius 1 is 1.26 bits per heavy atom. The van der Waals surface area contributed by atoms with Gasteiger partial charge < -0.3 is 19.9 Å². The van der Waals surface area contributed by atoms with Crippen LogP contribution in [0.5, 0.6) is 0 Å². The highest BCUT2D eigenvalue weighted by Crippen LogP contribution is 2.33. The average Bonchev–Trinajstić information content (AvgIpc) is 2.58. The fraction of sp³-hybridized carbons (Fsp3) is 0.353. The summed E-state index contributed by atoms with van der Waals surface area (Å²) in [7, 11) is 0. The first kappa shape index (κ1) is 16.8. The summed E-state index contributed by atoms with van der Waals surface area (Å²) in [4.78, 5) is 0. The molecule has 23 heavy (non-hydrogen) atoms. The second-order valence-corrected chi connectivity index (χ2v) is 4.85. The molecule has 0 spiro atoms. The van der Waals surface area contributed by atoms with Gasteiger partial charge in [0.1, 0.15) is 23.9 Å². The van der Waals surface area contributed by atoms with Crippen molar-refractivity contribution in [1.82, 2.24) is 0 Å². The zero-order valence-electron chi connectivity index (χ0n) is 12.9. The molecule has 0 radical (unpaired) electrons. The van der Waals surface area contributed by atoms with Gasteiger partial charge in [0.05, 0.1) is 24.8 Å². The normalized spacial score (nSPS) is 14.5. The number of halogens is 1. The van der Waals surface area contributed by atoms with E-state index in [4.69, 9.17) is 19.8 Å². The molecule has 2 rings (SSSR count). The summed E-state index contributed by atoms with van der Waals surface area (Å²) in [5.74, 6) is 0.526. The quantitative estimate of drug-likeness (QED) is 0.807. The Balaban J connectivity index is 2.28. The maximum Gasteiger partial charge on any atom is 0.183 e. The van der Waals surface area contributed by atoms with Crippen LogP contribution in [-0.4, -0.2) is 24.9 Å². The monoisotopic (exact) mass is 318 g/mol. The van der Waals surface area contributed by atoms with Crippen molar-refractivity contribution < 1.29 is 19.0 Å². The van der Waals surface area contributed by atoms with E-state index < -0.39 is 0 Å². The Morgan fingerprint density at radius 3 is 2.61 bits per heavy atom. The van der Waals surface area contributed by atoms with Crippen molar-refractivity contribution in [2.24, 2.45) is 0 Å². The second-order valence-electron chi connectivity index (χ2n) is 4.85. The number of anilines is 1. The van der Waals surface area contributed by atoms with Crippen LogP contribution >= 0.6 is 0 Å². The third-order valence-electron chi connectivity index (χ3n) is 3.26. The second kappa shape index (κ2) is 8.20. The van der Waals surface area contributed by atoms with Gasteiger partial charge in [-0.05, 0) is 31.2 Å². The molecule has 0 atom stereocenters. The molecule has 6 heteroatoms. The number of nitrogens with zero attached hydrogens (tertiary/aromatic N) is 1. The summed E-state index contributed by atoms with van der Waals surface area (Å²) < 4.78 is 25.3. The van der Waals surface area contributed by atoms with E-state index in [1.807, 2.05) is 13.0 Å². The number of aliphatic hydroxyl groups is 1. The van der Waals surface area contributed by atoms with E-state index in [9.17, 15) is 4.39 Å². The number of nitriles is 1. The van der Waals surface area contributed by atoms with Gasteiger partial charge in [0, 0.05) is 18.5 Å². The highest BCUT2D eigenvalue weighted by atomic mass is 19.1. The van der Waals surface area contributed by atoms with Crippen molar-refractivity contribution in [2.75, 3.05) is 25.1 Å². The molecule has 2 N–H and O–H groups in total. The molecular weight excluding hydrogens is 299 g/mol. The van der Waals surface area contributed by atoms with Crippen molar-refractivity contribution >= 4 is 5.69 Å². The zero-order chi connectivity index (χ0) is 16.7. The number of hydrogen-bond donors (Lipinski definition) is 2. The molecule has 0 amide bonds. The first-order valence-corrected chi connectivity index (χ1v) is 7.45. The molecule has 1 aromatic rings. The maximum atomic E-state index is 14.3. The Bertz CT molecular complexity index is 641. The number of benzene rings is 1. The van der Waals surface area contributed by atoms with Gasteiger partial charge in [-0.25, -0.2) is 4.39 Å². The van der Waals surface area contributed by atoms with Crippen LogP contribution in [0.3, 0.4) is 0 Å². The van der Waals surface area contributed by atoms with Gasteiger partial charge in [-0.15, -0.1) is 0 Å². The summed E-state index contributed by atoms with van der Waals surface area (Å²) in [6.07, 6.45) is 0.638. The topological polar surface area (TPSA) is 74.5 Å². The molecule has 0 unspecified atom stereocenters. The molecule has 0 saturated carbocycles. The third-order valence-corrected chi connectivity index (χ3v) is 3.26. The van der Waals surface area contributed by atoms with Crippen molar-refractivity contribution in [1.29, 1.82) is 5.26 Å². The lowest BCUT2D eigenvalue weighted by Gasteiger charge is -2.24. The van der Waals surface area contributed by atoms with Gasteiger partial charge in [-0.3, -0.25) is 0 Å². The molecule has 122 valence electrons. The lowest BCUT2D eigenvalue weighted by molar-refractivity contribution is 0.121. The van der Waals surface area contributed by atoms with Gasteiger partial charge in [0.25, 0.3) is 0 Å². The minimum absolute atomic E-state index is 0.0533. The van der Waals surface area contributed by atoms with Crippen LogP contribution in [0, 0.1) is 11.3 Å². The Kier molecular flexibility index (Phi) is 6.01. The Labute approximate surface area is 134 Å². The van der Waals surface area contributed by atoms with E-state index in [1.165, 1.54) is 0 Å². The summed E-state index contributed by atoms with van der Waals surface area (Å²) in [5, 5.41) is 20.8. The van der Waals surface area contributed by atoms with Gasteiger partial charge >= 0.3 is 0 Å². The number of aliphatic hydroxyl groups excluding tert-OH is 1. The molecule has 5 nitrogen and oxygen atoms in total. The van der Waals surface area contributed by atoms with Gasteiger partial charge in [-0.1, -0.05) is 0 Å². The van der Waals surface area contributed by atoms with Gasteiger partial charge in [-0.2, -0.15) is 5.26 Å². The van der Waals surface area contributed by atoms with Crippen molar-refractivity contribution in [2.45, 2.75) is 19.8 Å². The highest BCUT2D eigenvalue weighted by Gasteiger charge is 2.25. The summed E-state index contributed by atoms with van der Waals surface area (Å²) in [6.45, 7) is 2.18. The van der Waals surface area contributed by atoms with Crippen molar-refractivity contribution in [3.63, 3.8) is 0 Å². The van der Waals surface area contributed by atoms with Crippen LogP contribution in [-0.2, 0) is 9.47 Å². The third kappa shape index (κ3) is 4.24. The fourth-order valence-electron chi connectivity index (χ4n) is 2.23. The van der Waals surface area contributed by atoms with Crippen LogP contribution < -0.4 is 5.32 Å². The van der Waals surface area contributed by atoms with Crippen LogP contribution in [0.1, 0.15) is 25.3 Å². The zero-order valence-corrected chi connectivity index (χ0v) is 12.9. The first-order valence-electron chi connectivity index (χ1n) is 7.45. The van der Waals surface area contributed by atoms with Gasteiger partial charge in [0.15, 0.2) is 5.76 Å². The molecule has 0 heterocycles. The lowest BCUT2D eigenvalue weighted by atomic mass is 10.1. The molecule has 1 aliphatic rings. The number of nitrogens with one attached hydrogen (secondary N) is 1. The van der Waals surface area contributed by atoms with Crippen LogP contribution in [0.4, 0.5) is 10.1 Å². The standard InChI is InChI=1S/C17H19FN2O3/c1-2-22-15-8-7-14(18)16(17(15)23-10-9-21)20-13-5-3-12(11-19)4-6-13/h3-6,20-21H,2,7-10H2,1H3. The van der Waals surface area contributed by atoms with E-state index >= 15 is 0 Å². The minimum Gasteiger partial charge on any atom is -0.494 e. The highest BCUT2D eigenvalue weighted by molar-refractivity contribution is 5.55. The predicted molar refractivity (Wildman–Crippen MR) is 83.8 cm³/mol. The Hall–Kier alpha value is -2.52. The summed E-state index contributed by atoms with van der Waals surface area (Å²) in [5.41, 5.74) is 1.37. The number of rotatable bonds is 7. The SMILES string of the molecule is CCOC1=C(OCCO)C(Nc2ccc(C#N)cc2)=C(F)CC1. The smallest absolute Gasteiger partial charge is 0.183 e. The number of allylic oxidation sites excluding steroid dienone is 2. The number of ether oxygens (including phenoxy) is 2. The van der Waals surface area contributed by atoms with Crippen LogP contribution in [0.2, 0.25) is 0 Å². The van der Waals surface area contributed by atoms with Gasteiger partial charge in [0.2, 0.25) is 0 Å².